The number of hydrogen-bond donors (Lipinski definition) is 1. The maximum Gasteiger partial charge on any atom is 0.143 e. The predicted molar refractivity (Wildman–Crippen MR) is 85.7 cm³/mol. The van der Waals surface area contributed by atoms with E-state index in [1.165, 1.54) is 11.8 Å². The van der Waals surface area contributed by atoms with E-state index in [4.69, 9.17) is 10.5 Å². The second kappa shape index (κ2) is 6.01. The molecule has 3 rings (SSSR count). The minimum Gasteiger partial charge on any atom is -0.492 e. The van der Waals surface area contributed by atoms with Gasteiger partial charge in [0.15, 0.2) is 0 Å². The Kier molecular flexibility index (Phi) is 3.92. The van der Waals surface area contributed by atoms with Crippen molar-refractivity contribution in [2.45, 2.75) is 16.8 Å². The van der Waals surface area contributed by atoms with Gasteiger partial charge in [-0.1, -0.05) is 36.0 Å². The topological polar surface area (TPSA) is 61.0 Å². The molecule has 21 heavy (non-hydrogen) atoms. The van der Waals surface area contributed by atoms with Crippen LogP contribution in [0.5, 0.6) is 5.75 Å². The van der Waals surface area contributed by atoms with Gasteiger partial charge in [0.2, 0.25) is 0 Å². The van der Waals surface area contributed by atoms with Crippen LogP contribution in [0.25, 0.3) is 10.9 Å². The van der Waals surface area contributed by atoms with Gasteiger partial charge >= 0.3 is 0 Å². The fourth-order valence-corrected chi connectivity index (χ4v) is 3.01. The molecule has 2 aromatic carbocycles. The lowest BCUT2D eigenvalue weighted by atomic mass is 10.2. The fourth-order valence-electron chi connectivity index (χ4n) is 2.06. The largest absolute Gasteiger partial charge is 0.492 e. The van der Waals surface area contributed by atoms with Crippen LogP contribution in [-0.4, -0.2) is 16.6 Å². The van der Waals surface area contributed by atoms with Crippen molar-refractivity contribution in [3.63, 3.8) is 0 Å². The first-order valence-electron chi connectivity index (χ1n) is 6.68. The van der Waals surface area contributed by atoms with Crippen molar-refractivity contribution in [3.05, 3.63) is 48.8 Å². The van der Waals surface area contributed by atoms with Crippen molar-refractivity contribution < 1.29 is 4.74 Å². The molecule has 0 fully saturated rings. The first kappa shape index (κ1) is 13.7. The monoisotopic (exact) mass is 297 g/mol. The highest BCUT2D eigenvalue weighted by atomic mass is 32.2. The van der Waals surface area contributed by atoms with Crippen LogP contribution in [0.4, 0.5) is 5.69 Å². The lowest BCUT2D eigenvalue weighted by molar-refractivity contribution is 0.341. The van der Waals surface area contributed by atoms with Crippen molar-refractivity contribution in [2.75, 3.05) is 12.3 Å². The van der Waals surface area contributed by atoms with Crippen LogP contribution in [0, 0.1) is 0 Å². The number of rotatable bonds is 4. The van der Waals surface area contributed by atoms with Crippen molar-refractivity contribution in [3.8, 4) is 5.75 Å². The molecule has 0 atom stereocenters. The van der Waals surface area contributed by atoms with E-state index in [9.17, 15) is 0 Å². The van der Waals surface area contributed by atoms with Crippen LogP contribution in [0.15, 0.2) is 58.7 Å². The highest BCUT2D eigenvalue weighted by Gasteiger charge is 2.10. The smallest absolute Gasteiger partial charge is 0.143 e. The van der Waals surface area contributed by atoms with Crippen molar-refractivity contribution in [1.29, 1.82) is 0 Å². The normalized spacial score (nSPS) is 10.7. The van der Waals surface area contributed by atoms with Gasteiger partial charge in [0, 0.05) is 10.3 Å². The summed E-state index contributed by atoms with van der Waals surface area (Å²) in [6.07, 6.45) is 1.58. The second-order valence-electron chi connectivity index (χ2n) is 4.40. The van der Waals surface area contributed by atoms with E-state index in [-0.39, 0.29) is 0 Å². The Morgan fingerprint density at radius 2 is 1.95 bits per heavy atom. The molecular formula is C16H15N3OS. The summed E-state index contributed by atoms with van der Waals surface area (Å²) < 4.78 is 5.53. The van der Waals surface area contributed by atoms with Crippen molar-refractivity contribution >= 4 is 28.4 Å². The molecule has 0 saturated carbocycles. The Morgan fingerprint density at radius 1 is 1.10 bits per heavy atom. The average molecular weight is 297 g/mol. The molecule has 4 nitrogen and oxygen atoms in total. The van der Waals surface area contributed by atoms with Crippen LogP contribution in [0.3, 0.4) is 0 Å². The summed E-state index contributed by atoms with van der Waals surface area (Å²) in [6, 6.07) is 13.7. The zero-order chi connectivity index (χ0) is 14.7. The van der Waals surface area contributed by atoms with Gasteiger partial charge in [-0.15, -0.1) is 0 Å². The molecule has 5 heteroatoms. The number of nitrogen functional groups attached to an aromatic ring is 1. The predicted octanol–water partition coefficient (Wildman–Crippen LogP) is 3.76. The van der Waals surface area contributed by atoms with E-state index in [2.05, 4.69) is 9.97 Å². The van der Waals surface area contributed by atoms with Crippen molar-refractivity contribution in [1.82, 2.24) is 9.97 Å². The number of ether oxygens (including phenoxy) is 1. The first-order valence-corrected chi connectivity index (χ1v) is 7.50. The maximum absolute atomic E-state index is 6.17. The summed E-state index contributed by atoms with van der Waals surface area (Å²) in [7, 11) is 0. The second-order valence-corrected chi connectivity index (χ2v) is 5.43. The zero-order valence-electron chi connectivity index (χ0n) is 11.6. The maximum atomic E-state index is 6.17. The molecule has 0 unspecified atom stereocenters. The fraction of sp³-hybridized carbons (Fsp3) is 0.125. The number of nitrogens with zero attached hydrogens (tertiary/aromatic N) is 2. The van der Waals surface area contributed by atoms with Gasteiger partial charge in [-0.2, -0.15) is 0 Å². The van der Waals surface area contributed by atoms with Gasteiger partial charge in [-0.25, -0.2) is 9.97 Å². The van der Waals surface area contributed by atoms with E-state index >= 15 is 0 Å². The molecule has 0 aliphatic rings. The van der Waals surface area contributed by atoms with Gasteiger partial charge in [0.1, 0.15) is 17.1 Å². The molecule has 1 heterocycles. The van der Waals surface area contributed by atoms with Gasteiger partial charge in [-0.3, -0.25) is 0 Å². The lowest BCUT2D eigenvalue weighted by Gasteiger charge is -2.11. The minimum absolute atomic E-state index is 0.592. The third-order valence-electron chi connectivity index (χ3n) is 3.04. The van der Waals surface area contributed by atoms with Crippen LogP contribution >= 0.6 is 11.8 Å². The molecule has 0 amide bonds. The third-order valence-corrected chi connectivity index (χ3v) is 4.13. The number of para-hydroxylation sites is 2. The van der Waals surface area contributed by atoms with Crippen molar-refractivity contribution in [2.24, 2.45) is 0 Å². The number of aromatic nitrogens is 2. The van der Waals surface area contributed by atoms with Gasteiger partial charge in [-0.05, 0) is 25.1 Å². The SMILES string of the molecule is CCOc1cccc(Sc2ncnc3ccccc23)c1N. The summed E-state index contributed by atoms with van der Waals surface area (Å²) >= 11 is 1.53. The molecule has 0 bridgehead atoms. The van der Waals surface area contributed by atoms with Crippen LogP contribution < -0.4 is 10.5 Å². The average Bonchev–Trinajstić information content (AvgIpc) is 2.52. The Balaban J connectivity index is 2.01. The zero-order valence-corrected chi connectivity index (χ0v) is 12.4. The Morgan fingerprint density at radius 3 is 2.81 bits per heavy atom. The molecule has 1 aromatic heterocycles. The summed E-state index contributed by atoms with van der Waals surface area (Å²) in [6.45, 7) is 2.53. The highest BCUT2D eigenvalue weighted by Crippen LogP contribution is 2.38. The molecule has 0 aliphatic carbocycles. The summed E-state index contributed by atoms with van der Waals surface area (Å²) in [5.74, 6) is 0.709. The summed E-state index contributed by atoms with van der Waals surface area (Å²) in [5.41, 5.74) is 7.74. The minimum atomic E-state index is 0.592. The molecular weight excluding hydrogens is 282 g/mol. The van der Waals surface area contributed by atoms with Crippen LogP contribution in [0.2, 0.25) is 0 Å². The standard InChI is InChI=1S/C16H15N3OS/c1-2-20-13-8-5-9-14(15(13)17)21-16-11-6-3-4-7-12(11)18-10-19-16/h3-10H,2,17H2,1H3. The van der Waals surface area contributed by atoms with E-state index in [0.717, 1.165) is 20.8 Å². The number of fused-ring (bicyclic) bond motifs is 1. The molecule has 0 spiro atoms. The molecule has 3 aromatic rings. The van der Waals surface area contributed by atoms with Gasteiger partial charge < -0.3 is 10.5 Å². The lowest BCUT2D eigenvalue weighted by Crippen LogP contribution is -1.98. The highest BCUT2D eigenvalue weighted by molar-refractivity contribution is 7.99. The van der Waals surface area contributed by atoms with E-state index in [1.807, 2.05) is 49.4 Å². The Labute approximate surface area is 127 Å². The van der Waals surface area contributed by atoms with Crippen LogP contribution in [-0.2, 0) is 0 Å². The molecule has 0 saturated heterocycles. The Bertz CT molecular complexity index is 771. The van der Waals surface area contributed by atoms with Crippen LogP contribution in [0.1, 0.15) is 6.92 Å². The number of anilines is 1. The molecule has 106 valence electrons. The number of nitrogens with two attached hydrogens (primary N) is 1. The van der Waals surface area contributed by atoms with E-state index in [0.29, 0.717) is 18.0 Å². The molecule has 2 N–H and O–H groups in total. The number of benzene rings is 2. The van der Waals surface area contributed by atoms with E-state index < -0.39 is 0 Å². The van der Waals surface area contributed by atoms with E-state index in [1.54, 1.807) is 6.33 Å². The first-order chi connectivity index (χ1) is 10.3. The Hall–Kier alpha value is -2.27. The quantitative estimate of drug-likeness (QED) is 0.587. The third kappa shape index (κ3) is 2.78. The summed E-state index contributed by atoms with van der Waals surface area (Å²) in [5, 5.41) is 1.91. The molecule has 0 aliphatic heterocycles. The van der Waals surface area contributed by atoms with Gasteiger partial charge in [0.05, 0.1) is 17.8 Å². The summed E-state index contributed by atoms with van der Waals surface area (Å²) in [4.78, 5) is 9.58. The molecule has 0 radical (unpaired) electrons. The number of hydrogen-bond acceptors (Lipinski definition) is 5. The van der Waals surface area contributed by atoms with Gasteiger partial charge in [0.25, 0.3) is 0 Å².